The maximum Gasteiger partial charge on any atom is 0.0587 e. The molecule has 0 aliphatic carbocycles. The van der Waals surface area contributed by atoms with Crippen LogP contribution in [0.3, 0.4) is 0 Å². The highest BCUT2D eigenvalue weighted by Gasteiger charge is 2.21. The fraction of sp³-hybridized carbons (Fsp3) is 0.625. The van der Waals surface area contributed by atoms with Crippen molar-refractivity contribution in [3.05, 3.63) is 34.9 Å². The van der Waals surface area contributed by atoms with Gasteiger partial charge in [0.05, 0.1) is 6.61 Å². The average Bonchev–Trinajstić information content (AvgIpc) is 2.43. The molecule has 0 bridgehead atoms. The van der Waals surface area contributed by atoms with E-state index in [1.54, 1.807) is 7.11 Å². The number of hydrogen-bond acceptors (Lipinski definition) is 2. The minimum atomic E-state index is 0.473. The van der Waals surface area contributed by atoms with E-state index in [-0.39, 0.29) is 0 Å². The molecule has 0 saturated carbocycles. The van der Waals surface area contributed by atoms with E-state index in [1.807, 2.05) is 12.1 Å². The van der Waals surface area contributed by atoms with Gasteiger partial charge in [0.15, 0.2) is 0 Å². The second-order valence-corrected chi connectivity index (χ2v) is 5.31. The topological polar surface area (TPSA) is 21.3 Å². The summed E-state index contributed by atoms with van der Waals surface area (Å²) in [6.07, 6.45) is 2.36. The lowest BCUT2D eigenvalue weighted by Gasteiger charge is -2.27. The number of hydrogen-bond donors (Lipinski definition) is 1. The predicted molar refractivity (Wildman–Crippen MR) is 83.0 cm³/mol. The molecule has 1 N–H and O–H groups in total. The summed E-state index contributed by atoms with van der Waals surface area (Å²) in [4.78, 5) is 0. The van der Waals surface area contributed by atoms with E-state index in [9.17, 15) is 0 Å². The maximum absolute atomic E-state index is 6.36. The van der Waals surface area contributed by atoms with Crippen LogP contribution in [0.15, 0.2) is 24.3 Å². The van der Waals surface area contributed by atoms with Gasteiger partial charge >= 0.3 is 0 Å². The fourth-order valence-electron chi connectivity index (χ4n) is 2.60. The molecule has 0 aliphatic rings. The van der Waals surface area contributed by atoms with Crippen molar-refractivity contribution < 1.29 is 4.74 Å². The molecular weight excluding hydrogens is 258 g/mol. The summed E-state index contributed by atoms with van der Waals surface area (Å²) in [5.74, 6) is 1.13. The van der Waals surface area contributed by atoms with Crippen LogP contribution >= 0.6 is 11.6 Å². The Hall–Kier alpha value is -0.570. The molecule has 108 valence electrons. The van der Waals surface area contributed by atoms with E-state index >= 15 is 0 Å². The minimum Gasteiger partial charge on any atom is -0.383 e. The molecule has 0 radical (unpaired) electrons. The molecule has 0 amide bonds. The first-order valence-electron chi connectivity index (χ1n) is 7.18. The largest absolute Gasteiger partial charge is 0.383 e. The third kappa shape index (κ3) is 5.13. The van der Waals surface area contributed by atoms with Crippen LogP contribution in [0.1, 0.15) is 38.2 Å². The summed E-state index contributed by atoms with van der Waals surface area (Å²) >= 11 is 6.36. The number of halogens is 1. The smallest absolute Gasteiger partial charge is 0.0587 e. The van der Waals surface area contributed by atoms with E-state index in [4.69, 9.17) is 16.3 Å². The maximum atomic E-state index is 6.36. The van der Waals surface area contributed by atoms with Crippen LogP contribution in [0.25, 0.3) is 0 Å². The highest BCUT2D eigenvalue weighted by molar-refractivity contribution is 6.31. The zero-order chi connectivity index (χ0) is 14.1. The highest BCUT2D eigenvalue weighted by atomic mass is 35.5. The van der Waals surface area contributed by atoms with Crippen LogP contribution in [0.5, 0.6) is 0 Å². The van der Waals surface area contributed by atoms with Crippen LogP contribution < -0.4 is 5.32 Å². The van der Waals surface area contributed by atoms with Gasteiger partial charge in [-0.1, -0.05) is 56.5 Å². The molecule has 1 aromatic rings. The molecule has 0 fully saturated rings. The molecule has 1 unspecified atom stereocenters. The SMILES string of the molecule is CCC(CC)C(CNCCOC)c1ccccc1Cl. The van der Waals surface area contributed by atoms with Crippen molar-refractivity contribution in [3.8, 4) is 0 Å². The first-order chi connectivity index (χ1) is 9.24. The lowest BCUT2D eigenvalue weighted by Crippen LogP contribution is -2.29. The van der Waals surface area contributed by atoms with Gasteiger partial charge in [-0.15, -0.1) is 0 Å². The second kappa shape index (κ2) is 9.35. The van der Waals surface area contributed by atoms with E-state index in [0.29, 0.717) is 11.8 Å². The molecule has 1 aromatic carbocycles. The van der Waals surface area contributed by atoms with Gasteiger partial charge in [0, 0.05) is 31.1 Å². The van der Waals surface area contributed by atoms with Gasteiger partial charge in [-0.05, 0) is 17.5 Å². The number of nitrogens with one attached hydrogen (secondary N) is 1. The van der Waals surface area contributed by atoms with Crippen LogP contribution in [-0.2, 0) is 4.74 Å². The Bertz CT molecular complexity index is 352. The van der Waals surface area contributed by atoms with Crippen molar-refractivity contribution in [3.63, 3.8) is 0 Å². The normalized spacial score (nSPS) is 12.9. The van der Waals surface area contributed by atoms with Crippen LogP contribution in [0.4, 0.5) is 0 Å². The van der Waals surface area contributed by atoms with Gasteiger partial charge in [0.2, 0.25) is 0 Å². The molecule has 0 aliphatic heterocycles. The van der Waals surface area contributed by atoms with Gasteiger partial charge in [-0.2, -0.15) is 0 Å². The van der Waals surface area contributed by atoms with E-state index in [0.717, 1.165) is 24.7 Å². The van der Waals surface area contributed by atoms with Crippen molar-refractivity contribution >= 4 is 11.6 Å². The molecule has 3 heteroatoms. The Morgan fingerprint density at radius 2 is 1.89 bits per heavy atom. The Labute approximate surface area is 122 Å². The molecule has 0 aromatic heterocycles. The minimum absolute atomic E-state index is 0.473. The van der Waals surface area contributed by atoms with Crippen molar-refractivity contribution in [1.82, 2.24) is 5.32 Å². The first-order valence-corrected chi connectivity index (χ1v) is 7.56. The summed E-state index contributed by atoms with van der Waals surface area (Å²) in [6.45, 7) is 7.11. The third-order valence-corrected chi connectivity index (χ3v) is 4.11. The van der Waals surface area contributed by atoms with Gasteiger partial charge in [0.25, 0.3) is 0 Å². The van der Waals surface area contributed by atoms with Crippen molar-refractivity contribution in [2.75, 3.05) is 26.8 Å². The molecule has 0 spiro atoms. The molecule has 19 heavy (non-hydrogen) atoms. The molecular formula is C16H26ClNO. The van der Waals surface area contributed by atoms with Crippen LogP contribution in [-0.4, -0.2) is 26.8 Å². The average molecular weight is 284 g/mol. The first kappa shape index (κ1) is 16.5. The summed E-state index contributed by atoms with van der Waals surface area (Å²) < 4.78 is 5.08. The van der Waals surface area contributed by atoms with Gasteiger partial charge in [-0.25, -0.2) is 0 Å². The lowest BCUT2D eigenvalue weighted by atomic mass is 9.82. The van der Waals surface area contributed by atoms with E-state index in [2.05, 4.69) is 31.3 Å². The molecule has 2 nitrogen and oxygen atoms in total. The lowest BCUT2D eigenvalue weighted by molar-refractivity contribution is 0.197. The van der Waals surface area contributed by atoms with E-state index in [1.165, 1.54) is 18.4 Å². The molecule has 0 saturated heterocycles. The Balaban J connectivity index is 2.77. The Morgan fingerprint density at radius 1 is 1.21 bits per heavy atom. The third-order valence-electron chi connectivity index (χ3n) is 3.77. The molecule has 1 rings (SSSR count). The van der Waals surface area contributed by atoms with Gasteiger partial charge in [0.1, 0.15) is 0 Å². The van der Waals surface area contributed by atoms with Gasteiger partial charge < -0.3 is 10.1 Å². The zero-order valence-corrected chi connectivity index (χ0v) is 13.0. The number of ether oxygens (including phenoxy) is 1. The van der Waals surface area contributed by atoms with Crippen LogP contribution in [0, 0.1) is 5.92 Å². The molecule has 0 heterocycles. The number of methoxy groups -OCH3 is 1. The zero-order valence-electron chi connectivity index (χ0n) is 12.3. The summed E-state index contributed by atoms with van der Waals surface area (Å²) in [5, 5.41) is 4.36. The summed E-state index contributed by atoms with van der Waals surface area (Å²) in [6, 6.07) is 8.21. The Kier molecular flexibility index (Phi) is 8.11. The fourth-order valence-corrected chi connectivity index (χ4v) is 2.87. The predicted octanol–water partition coefficient (Wildman–Crippen LogP) is 4.10. The summed E-state index contributed by atoms with van der Waals surface area (Å²) in [5.41, 5.74) is 1.27. The summed E-state index contributed by atoms with van der Waals surface area (Å²) in [7, 11) is 1.73. The van der Waals surface area contributed by atoms with Crippen LogP contribution in [0.2, 0.25) is 5.02 Å². The molecule has 1 atom stereocenters. The van der Waals surface area contributed by atoms with E-state index < -0.39 is 0 Å². The van der Waals surface area contributed by atoms with Crippen molar-refractivity contribution in [1.29, 1.82) is 0 Å². The van der Waals surface area contributed by atoms with Crippen molar-refractivity contribution in [2.45, 2.75) is 32.6 Å². The Morgan fingerprint density at radius 3 is 2.47 bits per heavy atom. The quantitative estimate of drug-likeness (QED) is 0.689. The van der Waals surface area contributed by atoms with Crippen molar-refractivity contribution in [2.24, 2.45) is 5.92 Å². The highest BCUT2D eigenvalue weighted by Crippen LogP contribution is 2.33. The standard InChI is InChI=1S/C16H26ClNO/c1-4-13(5-2)15(12-18-10-11-19-3)14-8-6-7-9-16(14)17/h6-9,13,15,18H,4-5,10-12H2,1-3H3. The second-order valence-electron chi connectivity index (χ2n) is 4.90. The monoisotopic (exact) mass is 283 g/mol. The number of benzene rings is 1. The van der Waals surface area contributed by atoms with Gasteiger partial charge in [-0.3, -0.25) is 0 Å². The number of rotatable bonds is 9.